The van der Waals surface area contributed by atoms with Crippen LogP contribution < -0.4 is 0 Å². The molecule has 2 unspecified atom stereocenters. The van der Waals surface area contributed by atoms with E-state index < -0.39 is 0 Å². The van der Waals surface area contributed by atoms with Crippen molar-refractivity contribution in [3.8, 4) is 0 Å². The average molecular weight is 425 g/mol. The highest BCUT2D eigenvalue weighted by Crippen LogP contribution is 2.20. The lowest BCUT2D eigenvalue weighted by atomic mass is 9.94. The molecule has 0 rings (SSSR count). The van der Waals surface area contributed by atoms with Crippen molar-refractivity contribution in [1.29, 1.82) is 0 Å². The monoisotopic (exact) mass is 424 g/mol. The molecule has 0 aliphatic carbocycles. The van der Waals surface area contributed by atoms with Crippen molar-refractivity contribution in [3.63, 3.8) is 0 Å². The lowest BCUT2D eigenvalue weighted by molar-refractivity contribution is 0.0678. The largest absolute Gasteiger partial charge is 0.381 e. The van der Waals surface area contributed by atoms with E-state index in [1.807, 2.05) is 0 Å². The van der Waals surface area contributed by atoms with Gasteiger partial charge in [0.1, 0.15) is 0 Å². The minimum atomic E-state index is 0.714. The first kappa shape index (κ1) is 30.0. The summed E-state index contributed by atoms with van der Waals surface area (Å²) in [6.45, 7) is 11.2. The molecule has 0 aliphatic heterocycles. The second-order valence-corrected chi connectivity index (χ2v) is 10.2. The van der Waals surface area contributed by atoms with Gasteiger partial charge in [-0.1, -0.05) is 150 Å². The molecular formula is C29H60O. The van der Waals surface area contributed by atoms with E-state index in [0.29, 0.717) is 5.92 Å². The smallest absolute Gasteiger partial charge is 0.0494 e. The second kappa shape index (κ2) is 25.2. The molecule has 0 aromatic carbocycles. The summed E-state index contributed by atoms with van der Waals surface area (Å²) in [7, 11) is 0. The summed E-state index contributed by atoms with van der Waals surface area (Å²) in [5.41, 5.74) is 0. The summed E-state index contributed by atoms with van der Waals surface area (Å²) in [6, 6.07) is 0. The molecule has 30 heavy (non-hydrogen) atoms. The maximum atomic E-state index is 6.11. The van der Waals surface area contributed by atoms with Crippen LogP contribution in [0.15, 0.2) is 0 Å². The van der Waals surface area contributed by atoms with Crippen LogP contribution in [0.25, 0.3) is 0 Å². The summed E-state index contributed by atoms with van der Waals surface area (Å²) < 4.78 is 6.11. The van der Waals surface area contributed by atoms with Gasteiger partial charge >= 0.3 is 0 Å². The van der Waals surface area contributed by atoms with Gasteiger partial charge in [0.05, 0.1) is 0 Å². The van der Waals surface area contributed by atoms with Gasteiger partial charge in [-0.3, -0.25) is 0 Å². The van der Waals surface area contributed by atoms with Gasteiger partial charge in [-0.25, -0.2) is 0 Å². The van der Waals surface area contributed by atoms with E-state index in [1.165, 1.54) is 135 Å². The minimum Gasteiger partial charge on any atom is -0.381 e. The molecule has 0 bridgehead atoms. The quantitative estimate of drug-likeness (QED) is 0.132. The van der Waals surface area contributed by atoms with Gasteiger partial charge in [0, 0.05) is 13.2 Å². The third kappa shape index (κ3) is 22.6. The Morgan fingerprint density at radius 2 is 0.833 bits per heavy atom. The first-order valence-corrected chi connectivity index (χ1v) is 14.3. The van der Waals surface area contributed by atoms with Crippen LogP contribution in [-0.4, -0.2) is 13.2 Å². The van der Waals surface area contributed by atoms with E-state index in [1.54, 1.807) is 0 Å². The molecule has 0 aromatic heterocycles. The number of ether oxygens (including phenoxy) is 1. The SMILES string of the molecule is CCCCCCCCCCCCC(CCCCCCCCCC)COCC(C)CC. The molecule has 0 saturated heterocycles. The maximum absolute atomic E-state index is 6.11. The van der Waals surface area contributed by atoms with Crippen LogP contribution in [0.5, 0.6) is 0 Å². The summed E-state index contributed by atoms with van der Waals surface area (Å²) in [4.78, 5) is 0. The third-order valence-electron chi connectivity index (χ3n) is 6.88. The van der Waals surface area contributed by atoms with Crippen molar-refractivity contribution in [2.45, 2.75) is 163 Å². The molecular weight excluding hydrogens is 364 g/mol. The Labute approximate surface area is 192 Å². The molecule has 0 amide bonds. The van der Waals surface area contributed by atoms with Crippen molar-refractivity contribution in [1.82, 2.24) is 0 Å². The Bertz CT molecular complexity index is 301. The highest BCUT2D eigenvalue weighted by Gasteiger charge is 2.10. The molecule has 0 fully saturated rings. The van der Waals surface area contributed by atoms with Gasteiger partial charge in [0.25, 0.3) is 0 Å². The number of unbranched alkanes of at least 4 members (excludes halogenated alkanes) is 16. The van der Waals surface area contributed by atoms with E-state index in [4.69, 9.17) is 4.74 Å². The predicted molar refractivity (Wildman–Crippen MR) is 137 cm³/mol. The van der Waals surface area contributed by atoms with Crippen LogP contribution in [0.1, 0.15) is 163 Å². The van der Waals surface area contributed by atoms with E-state index in [2.05, 4.69) is 27.7 Å². The van der Waals surface area contributed by atoms with Crippen LogP contribution in [-0.2, 0) is 4.74 Å². The Kier molecular flexibility index (Phi) is 25.2. The van der Waals surface area contributed by atoms with Gasteiger partial charge in [-0.05, 0) is 24.7 Å². The lowest BCUT2D eigenvalue weighted by Crippen LogP contribution is -2.14. The fraction of sp³-hybridized carbons (Fsp3) is 1.00. The van der Waals surface area contributed by atoms with Crippen LogP contribution in [0.4, 0.5) is 0 Å². The molecule has 182 valence electrons. The van der Waals surface area contributed by atoms with Crippen LogP contribution >= 0.6 is 0 Å². The maximum Gasteiger partial charge on any atom is 0.0494 e. The van der Waals surface area contributed by atoms with Crippen LogP contribution in [0, 0.1) is 11.8 Å². The molecule has 0 N–H and O–H groups in total. The van der Waals surface area contributed by atoms with Crippen LogP contribution in [0.2, 0.25) is 0 Å². The second-order valence-electron chi connectivity index (χ2n) is 10.2. The highest BCUT2D eigenvalue weighted by atomic mass is 16.5. The Hall–Kier alpha value is -0.0400. The normalized spacial score (nSPS) is 13.6. The molecule has 2 atom stereocenters. The van der Waals surface area contributed by atoms with Crippen molar-refractivity contribution >= 4 is 0 Å². The summed E-state index contributed by atoms with van der Waals surface area (Å²) >= 11 is 0. The van der Waals surface area contributed by atoms with E-state index in [0.717, 1.165) is 19.1 Å². The zero-order valence-corrected chi connectivity index (χ0v) is 21.8. The molecule has 1 heteroatoms. The summed E-state index contributed by atoms with van der Waals surface area (Å²) in [5.74, 6) is 1.52. The van der Waals surface area contributed by atoms with E-state index >= 15 is 0 Å². The van der Waals surface area contributed by atoms with Crippen molar-refractivity contribution in [2.75, 3.05) is 13.2 Å². The van der Waals surface area contributed by atoms with Crippen molar-refractivity contribution in [3.05, 3.63) is 0 Å². The zero-order valence-electron chi connectivity index (χ0n) is 21.8. The molecule has 0 aromatic rings. The molecule has 0 spiro atoms. The molecule has 1 nitrogen and oxygen atoms in total. The first-order chi connectivity index (χ1) is 14.7. The number of hydrogen-bond donors (Lipinski definition) is 0. The number of hydrogen-bond acceptors (Lipinski definition) is 1. The van der Waals surface area contributed by atoms with Gasteiger partial charge in [-0.15, -0.1) is 0 Å². The lowest BCUT2D eigenvalue weighted by Gasteiger charge is -2.18. The molecule has 0 radical (unpaired) electrons. The Morgan fingerprint density at radius 1 is 0.467 bits per heavy atom. The first-order valence-electron chi connectivity index (χ1n) is 14.3. The summed E-state index contributed by atoms with van der Waals surface area (Å²) in [5, 5.41) is 0. The van der Waals surface area contributed by atoms with Crippen molar-refractivity contribution < 1.29 is 4.74 Å². The molecule has 0 saturated carbocycles. The van der Waals surface area contributed by atoms with Crippen molar-refractivity contribution in [2.24, 2.45) is 11.8 Å². The fourth-order valence-corrected chi connectivity index (χ4v) is 4.35. The topological polar surface area (TPSA) is 9.23 Å². The zero-order chi connectivity index (χ0) is 22.1. The molecule has 0 heterocycles. The predicted octanol–water partition coefficient (Wildman–Crippen LogP) is 10.5. The minimum absolute atomic E-state index is 0.714. The Morgan fingerprint density at radius 3 is 1.20 bits per heavy atom. The van der Waals surface area contributed by atoms with Crippen LogP contribution in [0.3, 0.4) is 0 Å². The standard InChI is InChI=1S/C29H60O/c1-5-8-10-12-14-16-17-19-21-23-25-29(27-30-26-28(4)7-3)24-22-20-18-15-13-11-9-6-2/h28-29H,5-27H2,1-4H3. The molecule has 0 aliphatic rings. The number of rotatable bonds is 25. The Balaban J connectivity index is 3.79. The fourth-order valence-electron chi connectivity index (χ4n) is 4.35. The summed E-state index contributed by atoms with van der Waals surface area (Å²) in [6.07, 6.45) is 29.9. The van der Waals surface area contributed by atoms with Gasteiger partial charge in [0.2, 0.25) is 0 Å². The van der Waals surface area contributed by atoms with Gasteiger partial charge in [0.15, 0.2) is 0 Å². The third-order valence-corrected chi connectivity index (χ3v) is 6.88. The van der Waals surface area contributed by atoms with Gasteiger partial charge < -0.3 is 4.74 Å². The average Bonchev–Trinajstić information content (AvgIpc) is 2.76. The van der Waals surface area contributed by atoms with E-state index in [9.17, 15) is 0 Å². The highest BCUT2D eigenvalue weighted by molar-refractivity contribution is 4.61. The van der Waals surface area contributed by atoms with Gasteiger partial charge in [-0.2, -0.15) is 0 Å². The van der Waals surface area contributed by atoms with E-state index in [-0.39, 0.29) is 0 Å².